The minimum atomic E-state index is -3.64. The summed E-state index contributed by atoms with van der Waals surface area (Å²) in [7, 11) is -2.30. The van der Waals surface area contributed by atoms with Crippen molar-refractivity contribution in [3.8, 4) is 0 Å². The molecule has 0 saturated heterocycles. The molecule has 0 fully saturated rings. The number of hydrogen-bond acceptors (Lipinski definition) is 7. The summed E-state index contributed by atoms with van der Waals surface area (Å²) in [5.41, 5.74) is 1.69. The topological polar surface area (TPSA) is 96.0 Å². The Balaban J connectivity index is 1.81. The smallest absolute Gasteiger partial charge is 0.341 e. The average Bonchev–Trinajstić information content (AvgIpc) is 3.25. The SMILES string of the molecule is CCCCN(CCCC)S(=O)(=O)c1ccc(C(=O)Nc2sc3c(c2C(=O)OC)CCN(CCC)C3)cc1. The zero-order valence-electron chi connectivity index (χ0n) is 22.3. The first-order valence-electron chi connectivity index (χ1n) is 13.1. The second kappa shape index (κ2) is 13.5. The lowest BCUT2D eigenvalue weighted by molar-refractivity contribution is 0.0600. The van der Waals surface area contributed by atoms with Gasteiger partial charge in [-0.05, 0) is 62.1 Å². The number of unbranched alkanes of at least 4 members (excludes halogenated alkanes) is 2. The molecule has 0 radical (unpaired) electrons. The third kappa shape index (κ3) is 6.98. The minimum Gasteiger partial charge on any atom is -0.465 e. The van der Waals surface area contributed by atoms with Crippen molar-refractivity contribution in [2.75, 3.05) is 38.6 Å². The van der Waals surface area contributed by atoms with Gasteiger partial charge in [-0.15, -0.1) is 11.3 Å². The number of thiophene rings is 1. The Morgan fingerprint density at radius 1 is 1.05 bits per heavy atom. The maximum Gasteiger partial charge on any atom is 0.341 e. The Morgan fingerprint density at radius 2 is 1.70 bits per heavy atom. The number of nitrogens with zero attached hydrogens (tertiary/aromatic N) is 2. The van der Waals surface area contributed by atoms with Gasteiger partial charge in [-0.3, -0.25) is 9.69 Å². The van der Waals surface area contributed by atoms with E-state index in [0.29, 0.717) is 29.2 Å². The third-order valence-corrected chi connectivity index (χ3v) is 9.61. The first kappa shape index (κ1) is 29.3. The molecule has 1 aromatic carbocycles. The number of carbonyl (C=O) groups excluding carboxylic acids is 2. The molecule has 8 nitrogen and oxygen atoms in total. The number of carbonyl (C=O) groups is 2. The van der Waals surface area contributed by atoms with Crippen LogP contribution in [0.1, 0.15) is 84.0 Å². The van der Waals surface area contributed by atoms with Crippen LogP contribution in [0.15, 0.2) is 29.2 Å². The number of esters is 1. The third-order valence-electron chi connectivity index (χ3n) is 6.57. The van der Waals surface area contributed by atoms with Crippen LogP contribution >= 0.6 is 11.3 Å². The van der Waals surface area contributed by atoms with Crippen LogP contribution in [0.4, 0.5) is 5.00 Å². The molecule has 0 aliphatic carbocycles. The molecule has 37 heavy (non-hydrogen) atoms. The molecule has 1 aliphatic heterocycles. The average molecular weight is 550 g/mol. The predicted molar refractivity (Wildman–Crippen MR) is 148 cm³/mol. The molecular weight excluding hydrogens is 510 g/mol. The van der Waals surface area contributed by atoms with Crippen molar-refractivity contribution in [1.29, 1.82) is 0 Å². The Kier molecular flexibility index (Phi) is 10.7. The van der Waals surface area contributed by atoms with E-state index in [4.69, 9.17) is 4.74 Å². The molecule has 1 aromatic heterocycles. The van der Waals surface area contributed by atoms with Gasteiger partial charge in [0.15, 0.2) is 0 Å². The number of hydrogen-bond donors (Lipinski definition) is 1. The quantitative estimate of drug-likeness (QED) is 0.347. The molecule has 1 N–H and O–H groups in total. The number of fused-ring (bicyclic) bond motifs is 1. The van der Waals surface area contributed by atoms with Gasteiger partial charge in [0.2, 0.25) is 10.0 Å². The van der Waals surface area contributed by atoms with Gasteiger partial charge in [0.05, 0.1) is 17.6 Å². The summed E-state index contributed by atoms with van der Waals surface area (Å²) >= 11 is 1.41. The van der Waals surface area contributed by atoms with Crippen molar-refractivity contribution < 1.29 is 22.7 Å². The lowest BCUT2D eigenvalue weighted by Gasteiger charge is -2.26. The van der Waals surface area contributed by atoms with E-state index in [0.717, 1.165) is 68.6 Å². The summed E-state index contributed by atoms with van der Waals surface area (Å²) < 4.78 is 33.0. The number of benzene rings is 1. The van der Waals surface area contributed by atoms with Crippen molar-refractivity contribution in [3.05, 3.63) is 45.8 Å². The number of methoxy groups -OCH3 is 1. The molecule has 2 aromatic rings. The monoisotopic (exact) mass is 549 g/mol. The zero-order chi connectivity index (χ0) is 27.0. The van der Waals surface area contributed by atoms with Gasteiger partial charge in [-0.25, -0.2) is 13.2 Å². The highest BCUT2D eigenvalue weighted by molar-refractivity contribution is 7.89. The van der Waals surface area contributed by atoms with E-state index in [1.807, 2.05) is 13.8 Å². The second-order valence-electron chi connectivity index (χ2n) is 9.32. The fourth-order valence-electron chi connectivity index (χ4n) is 4.49. The van der Waals surface area contributed by atoms with Crippen LogP contribution in [0.2, 0.25) is 0 Å². The van der Waals surface area contributed by atoms with Crippen LogP contribution in [0.3, 0.4) is 0 Å². The van der Waals surface area contributed by atoms with E-state index in [1.165, 1.54) is 47.0 Å². The summed E-state index contributed by atoms with van der Waals surface area (Å²) in [6.45, 7) is 9.76. The number of nitrogens with one attached hydrogen (secondary N) is 1. The Bertz CT molecular complexity index is 1170. The van der Waals surface area contributed by atoms with Crippen molar-refractivity contribution in [2.45, 2.75) is 70.7 Å². The molecule has 0 spiro atoms. The highest BCUT2D eigenvalue weighted by Gasteiger charge is 2.29. The van der Waals surface area contributed by atoms with Crippen LogP contribution < -0.4 is 5.32 Å². The maximum atomic E-state index is 13.2. The number of rotatable bonds is 13. The number of ether oxygens (including phenoxy) is 1. The van der Waals surface area contributed by atoms with E-state index in [1.54, 1.807) is 0 Å². The maximum absolute atomic E-state index is 13.2. The Morgan fingerprint density at radius 3 is 2.27 bits per heavy atom. The van der Waals surface area contributed by atoms with Gasteiger partial charge < -0.3 is 10.1 Å². The van der Waals surface area contributed by atoms with E-state index in [-0.39, 0.29) is 4.90 Å². The summed E-state index contributed by atoms with van der Waals surface area (Å²) in [6, 6.07) is 6.01. The Labute approximate surface area is 225 Å². The highest BCUT2D eigenvalue weighted by Crippen LogP contribution is 2.38. The normalized spacial score (nSPS) is 14.0. The number of amides is 1. The molecule has 1 aliphatic rings. The lowest BCUT2D eigenvalue weighted by atomic mass is 10.0. The highest BCUT2D eigenvalue weighted by atomic mass is 32.2. The van der Waals surface area contributed by atoms with Crippen molar-refractivity contribution in [2.24, 2.45) is 0 Å². The van der Waals surface area contributed by atoms with Crippen molar-refractivity contribution >= 4 is 38.2 Å². The molecule has 3 rings (SSSR count). The number of sulfonamides is 1. The van der Waals surface area contributed by atoms with Crippen LogP contribution in [0.25, 0.3) is 0 Å². The first-order valence-corrected chi connectivity index (χ1v) is 15.4. The molecular formula is C27H39N3O5S2. The van der Waals surface area contributed by atoms with Crippen LogP contribution in [-0.2, 0) is 27.7 Å². The van der Waals surface area contributed by atoms with E-state index >= 15 is 0 Å². The van der Waals surface area contributed by atoms with E-state index in [2.05, 4.69) is 17.1 Å². The molecule has 0 unspecified atom stereocenters. The standard InChI is InChI=1S/C27H39N3O5S2/c1-5-8-16-30(17-9-6-2)37(33,34)21-12-10-20(11-13-21)25(31)28-26-24(27(32)35-4)22-14-18-29(15-7-3)19-23(22)36-26/h10-13H,5-9,14-19H2,1-4H3,(H,28,31). The fourth-order valence-corrected chi connectivity index (χ4v) is 7.28. The molecule has 0 atom stereocenters. The minimum absolute atomic E-state index is 0.175. The number of anilines is 1. The summed E-state index contributed by atoms with van der Waals surface area (Å²) in [4.78, 5) is 29.3. The van der Waals surface area contributed by atoms with Gasteiger partial charge in [-0.2, -0.15) is 4.31 Å². The van der Waals surface area contributed by atoms with E-state index in [9.17, 15) is 18.0 Å². The molecule has 0 saturated carbocycles. The largest absolute Gasteiger partial charge is 0.465 e. The fraction of sp³-hybridized carbons (Fsp3) is 0.556. The zero-order valence-corrected chi connectivity index (χ0v) is 24.0. The molecule has 10 heteroatoms. The summed E-state index contributed by atoms with van der Waals surface area (Å²) in [5, 5.41) is 3.36. The van der Waals surface area contributed by atoms with Crippen molar-refractivity contribution in [3.63, 3.8) is 0 Å². The molecule has 2 heterocycles. The first-order chi connectivity index (χ1) is 17.8. The second-order valence-corrected chi connectivity index (χ2v) is 12.4. The van der Waals surface area contributed by atoms with E-state index < -0.39 is 21.9 Å². The van der Waals surface area contributed by atoms with Crippen LogP contribution in [0, 0.1) is 0 Å². The van der Waals surface area contributed by atoms with Gasteiger partial charge in [0.1, 0.15) is 5.00 Å². The molecule has 204 valence electrons. The lowest BCUT2D eigenvalue weighted by Crippen LogP contribution is -2.33. The summed E-state index contributed by atoms with van der Waals surface area (Å²) in [6.07, 6.45) is 5.20. The molecule has 0 bridgehead atoms. The predicted octanol–water partition coefficient (Wildman–Crippen LogP) is 5.15. The van der Waals surface area contributed by atoms with Crippen LogP contribution in [-0.4, -0.2) is 62.8 Å². The Hall–Kier alpha value is -2.27. The van der Waals surface area contributed by atoms with Gasteiger partial charge in [-0.1, -0.05) is 33.6 Å². The summed E-state index contributed by atoms with van der Waals surface area (Å²) in [5.74, 6) is -0.857. The van der Waals surface area contributed by atoms with Crippen LogP contribution in [0.5, 0.6) is 0 Å². The van der Waals surface area contributed by atoms with Crippen molar-refractivity contribution in [1.82, 2.24) is 9.21 Å². The van der Waals surface area contributed by atoms with Gasteiger partial charge in [0.25, 0.3) is 5.91 Å². The van der Waals surface area contributed by atoms with Gasteiger partial charge >= 0.3 is 5.97 Å². The molecule has 1 amide bonds. The van der Waals surface area contributed by atoms with Gasteiger partial charge in [0, 0.05) is 36.6 Å².